The molecule has 0 spiro atoms. The van der Waals surface area contributed by atoms with Crippen molar-refractivity contribution in [2.75, 3.05) is 0 Å². The lowest BCUT2D eigenvalue weighted by Gasteiger charge is -2.06. The van der Waals surface area contributed by atoms with Crippen LogP contribution in [0.5, 0.6) is 0 Å². The maximum Gasteiger partial charge on any atom is 0.195 e. The molecule has 0 atom stereocenters. The first-order valence-electron chi connectivity index (χ1n) is 6.12. The van der Waals surface area contributed by atoms with E-state index in [1.165, 1.54) is 0 Å². The molecule has 0 radical (unpaired) electrons. The highest BCUT2D eigenvalue weighted by atomic mass is 79.9. The molecular formula is C16H11BrClNO. The van der Waals surface area contributed by atoms with Gasteiger partial charge in [-0.1, -0.05) is 39.7 Å². The van der Waals surface area contributed by atoms with Gasteiger partial charge in [-0.15, -0.1) is 0 Å². The third-order valence-electron chi connectivity index (χ3n) is 3.30. The molecule has 0 saturated carbocycles. The minimum Gasteiger partial charge on any atom is -0.348 e. The molecule has 100 valence electrons. The topological polar surface area (TPSA) is 22.0 Å². The largest absolute Gasteiger partial charge is 0.348 e. The molecule has 4 heteroatoms. The Bertz CT molecular complexity index is 805. The molecule has 0 aliphatic rings. The van der Waals surface area contributed by atoms with Crippen molar-refractivity contribution in [3.63, 3.8) is 0 Å². The number of ketones is 1. The molecule has 0 fully saturated rings. The van der Waals surface area contributed by atoms with E-state index >= 15 is 0 Å². The Labute approximate surface area is 130 Å². The fourth-order valence-corrected chi connectivity index (χ4v) is 2.92. The van der Waals surface area contributed by atoms with Crippen LogP contribution < -0.4 is 0 Å². The van der Waals surface area contributed by atoms with Crippen LogP contribution >= 0.6 is 27.5 Å². The molecule has 0 amide bonds. The maximum absolute atomic E-state index is 12.7. The summed E-state index contributed by atoms with van der Waals surface area (Å²) >= 11 is 9.56. The van der Waals surface area contributed by atoms with Crippen molar-refractivity contribution in [2.45, 2.75) is 0 Å². The number of fused-ring (bicyclic) bond motifs is 1. The summed E-state index contributed by atoms with van der Waals surface area (Å²) in [6.07, 6.45) is 1.82. The van der Waals surface area contributed by atoms with Gasteiger partial charge in [0.25, 0.3) is 0 Å². The number of para-hydroxylation sites is 1. The predicted octanol–water partition coefficient (Wildman–Crippen LogP) is 4.83. The highest BCUT2D eigenvalue weighted by molar-refractivity contribution is 9.10. The number of benzene rings is 2. The number of aromatic nitrogens is 1. The summed E-state index contributed by atoms with van der Waals surface area (Å²) in [6, 6.07) is 13.0. The lowest BCUT2D eigenvalue weighted by atomic mass is 10.0. The van der Waals surface area contributed by atoms with Gasteiger partial charge in [-0.3, -0.25) is 4.79 Å². The lowest BCUT2D eigenvalue weighted by Crippen LogP contribution is -2.03. The van der Waals surface area contributed by atoms with E-state index in [4.69, 9.17) is 11.6 Å². The fraction of sp³-hybridized carbons (Fsp3) is 0.0625. The van der Waals surface area contributed by atoms with E-state index in [1.807, 2.05) is 60.3 Å². The molecule has 20 heavy (non-hydrogen) atoms. The lowest BCUT2D eigenvalue weighted by molar-refractivity contribution is 0.104. The number of aryl methyl sites for hydroxylation is 1. The molecule has 2 nitrogen and oxygen atoms in total. The molecule has 0 aliphatic carbocycles. The van der Waals surface area contributed by atoms with Gasteiger partial charge in [0.05, 0.1) is 10.5 Å². The molecule has 3 aromatic rings. The molecule has 1 heterocycles. The Hall–Kier alpha value is -1.58. The molecule has 0 unspecified atom stereocenters. The van der Waals surface area contributed by atoms with Crippen LogP contribution in [0, 0.1) is 0 Å². The second kappa shape index (κ2) is 5.08. The van der Waals surface area contributed by atoms with Crippen molar-refractivity contribution < 1.29 is 4.79 Å². The van der Waals surface area contributed by atoms with E-state index in [0.717, 1.165) is 15.4 Å². The minimum atomic E-state index is 0.000895. The summed E-state index contributed by atoms with van der Waals surface area (Å²) in [6.45, 7) is 0. The van der Waals surface area contributed by atoms with Gasteiger partial charge >= 0.3 is 0 Å². The van der Waals surface area contributed by atoms with Crippen molar-refractivity contribution in [1.82, 2.24) is 4.57 Å². The predicted molar refractivity (Wildman–Crippen MR) is 85.5 cm³/mol. The summed E-state index contributed by atoms with van der Waals surface area (Å²) in [4.78, 5) is 12.7. The minimum absolute atomic E-state index is 0.000895. The SMILES string of the molecule is Cn1cc(Cl)c2cccc(C(=O)c3ccc(Br)cc3)c21. The highest BCUT2D eigenvalue weighted by Crippen LogP contribution is 2.29. The quantitative estimate of drug-likeness (QED) is 0.608. The molecule has 3 rings (SSSR count). The summed E-state index contributed by atoms with van der Waals surface area (Å²) < 4.78 is 2.85. The Morgan fingerprint density at radius 2 is 1.85 bits per heavy atom. The number of carbonyl (C=O) groups is 1. The van der Waals surface area contributed by atoms with Crippen LogP contribution in [0.3, 0.4) is 0 Å². The van der Waals surface area contributed by atoms with Gasteiger partial charge in [0.2, 0.25) is 0 Å². The van der Waals surface area contributed by atoms with Crippen LogP contribution in [0.15, 0.2) is 53.1 Å². The number of rotatable bonds is 2. The smallest absolute Gasteiger partial charge is 0.195 e. The van der Waals surface area contributed by atoms with Crippen molar-refractivity contribution >= 4 is 44.2 Å². The number of hydrogen-bond acceptors (Lipinski definition) is 1. The first-order valence-corrected chi connectivity index (χ1v) is 7.29. The number of halogens is 2. The zero-order chi connectivity index (χ0) is 14.3. The third kappa shape index (κ3) is 2.17. The third-order valence-corrected chi connectivity index (χ3v) is 4.13. The van der Waals surface area contributed by atoms with Gasteiger partial charge in [-0.05, 0) is 30.3 Å². The molecule has 0 bridgehead atoms. The molecule has 2 aromatic carbocycles. The molecule has 0 aliphatic heterocycles. The van der Waals surface area contributed by atoms with E-state index in [-0.39, 0.29) is 5.78 Å². The monoisotopic (exact) mass is 347 g/mol. The molecule has 0 saturated heterocycles. The van der Waals surface area contributed by atoms with Crippen LogP contribution in [0.4, 0.5) is 0 Å². The average molecular weight is 349 g/mol. The average Bonchev–Trinajstić information content (AvgIpc) is 2.74. The normalized spacial score (nSPS) is 10.9. The Kier molecular flexibility index (Phi) is 3.40. The van der Waals surface area contributed by atoms with Crippen molar-refractivity contribution in [1.29, 1.82) is 0 Å². The molecule has 1 aromatic heterocycles. The van der Waals surface area contributed by atoms with E-state index in [2.05, 4.69) is 15.9 Å². The Balaban J connectivity index is 2.19. The zero-order valence-electron chi connectivity index (χ0n) is 10.7. The number of hydrogen-bond donors (Lipinski definition) is 0. The summed E-state index contributed by atoms with van der Waals surface area (Å²) in [5, 5.41) is 1.56. The van der Waals surface area contributed by atoms with Gasteiger partial charge in [0.1, 0.15) is 0 Å². The molecular weight excluding hydrogens is 338 g/mol. The fourth-order valence-electron chi connectivity index (χ4n) is 2.36. The Morgan fingerprint density at radius 3 is 2.55 bits per heavy atom. The molecule has 0 N–H and O–H groups in total. The number of carbonyl (C=O) groups excluding carboxylic acids is 1. The van der Waals surface area contributed by atoms with Crippen molar-refractivity contribution in [2.24, 2.45) is 7.05 Å². The van der Waals surface area contributed by atoms with Gasteiger partial charge in [-0.2, -0.15) is 0 Å². The van der Waals surface area contributed by atoms with Crippen LogP contribution in [-0.2, 0) is 7.05 Å². The van der Waals surface area contributed by atoms with Crippen LogP contribution in [-0.4, -0.2) is 10.4 Å². The zero-order valence-corrected chi connectivity index (χ0v) is 13.1. The van der Waals surface area contributed by atoms with E-state index in [1.54, 1.807) is 0 Å². The first-order chi connectivity index (χ1) is 9.58. The van der Waals surface area contributed by atoms with Gasteiger partial charge in [0.15, 0.2) is 5.78 Å². The maximum atomic E-state index is 12.7. The summed E-state index contributed by atoms with van der Waals surface area (Å²) in [5.74, 6) is 0.000895. The second-order valence-corrected chi connectivity index (χ2v) is 5.95. The van der Waals surface area contributed by atoms with E-state index in [0.29, 0.717) is 16.1 Å². The van der Waals surface area contributed by atoms with Crippen molar-refractivity contribution in [3.8, 4) is 0 Å². The van der Waals surface area contributed by atoms with Crippen LogP contribution in [0.1, 0.15) is 15.9 Å². The Morgan fingerprint density at radius 1 is 1.15 bits per heavy atom. The second-order valence-electron chi connectivity index (χ2n) is 4.63. The summed E-state index contributed by atoms with van der Waals surface area (Å²) in [5.41, 5.74) is 2.20. The first kappa shape index (κ1) is 13.4. The standard InChI is InChI=1S/C16H11BrClNO/c1-19-9-14(18)12-3-2-4-13(15(12)19)16(20)10-5-7-11(17)8-6-10/h2-9H,1H3. The van der Waals surface area contributed by atoms with Crippen molar-refractivity contribution in [3.05, 3.63) is 69.3 Å². The summed E-state index contributed by atoms with van der Waals surface area (Å²) in [7, 11) is 1.90. The van der Waals surface area contributed by atoms with E-state index in [9.17, 15) is 4.79 Å². The van der Waals surface area contributed by atoms with Crippen LogP contribution in [0.2, 0.25) is 5.02 Å². The van der Waals surface area contributed by atoms with Crippen LogP contribution in [0.25, 0.3) is 10.9 Å². The number of nitrogens with zero attached hydrogens (tertiary/aromatic N) is 1. The van der Waals surface area contributed by atoms with Gasteiger partial charge < -0.3 is 4.57 Å². The van der Waals surface area contributed by atoms with E-state index < -0.39 is 0 Å². The highest BCUT2D eigenvalue weighted by Gasteiger charge is 2.16. The van der Waals surface area contributed by atoms with Gasteiger partial charge in [-0.25, -0.2) is 0 Å². The van der Waals surface area contributed by atoms with Gasteiger partial charge in [0, 0.05) is 34.2 Å².